The summed E-state index contributed by atoms with van der Waals surface area (Å²) in [7, 11) is 0.0621. The van der Waals surface area contributed by atoms with Gasteiger partial charge in [0.2, 0.25) is 5.91 Å². The summed E-state index contributed by atoms with van der Waals surface area (Å²) >= 11 is 0. The van der Waals surface area contributed by atoms with Crippen LogP contribution in [0, 0.1) is 0 Å². The Hall–Kier alpha value is -2.35. The van der Waals surface area contributed by atoms with E-state index in [1.807, 2.05) is 0 Å². The Kier molecular flexibility index (Phi) is 5.38. The predicted molar refractivity (Wildman–Crippen MR) is 81.9 cm³/mol. The van der Waals surface area contributed by atoms with E-state index in [4.69, 9.17) is 10.4 Å². The molecule has 1 atom stereocenters. The van der Waals surface area contributed by atoms with E-state index in [9.17, 15) is 19.4 Å². The van der Waals surface area contributed by atoms with Crippen LogP contribution in [0.2, 0.25) is 5.82 Å². The minimum absolute atomic E-state index is 0.00835. The van der Waals surface area contributed by atoms with Gasteiger partial charge in [-0.05, 0) is 18.1 Å². The van der Waals surface area contributed by atoms with E-state index < -0.39 is 24.8 Å². The molecule has 122 valence electrons. The summed E-state index contributed by atoms with van der Waals surface area (Å²) in [6, 6.07) is 5.02. The van der Waals surface area contributed by atoms with Crippen LogP contribution in [0.25, 0.3) is 0 Å². The number of amides is 1. The molecule has 0 fully saturated rings. The Balaban J connectivity index is 2.11. The third-order valence-corrected chi connectivity index (χ3v) is 3.77. The van der Waals surface area contributed by atoms with Crippen molar-refractivity contribution in [3.05, 3.63) is 29.3 Å². The number of hydrogen-bond acceptors (Lipinski definition) is 6. The van der Waals surface area contributed by atoms with Crippen LogP contribution in [-0.4, -0.2) is 36.9 Å². The zero-order chi connectivity index (χ0) is 17.0. The SMILES string of the molecule is COC(=O)c1cccc2c1OB(O)[C@@H](CC(=O)CCC(N)=O)C2. The van der Waals surface area contributed by atoms with Crippen molar-refractivity contribution in [2.24, 2.45) is 5.73 Å². The van der Waals surface area contributed by atoms with E-state index in [-0.39, 0.29) is 36.4 Å². The molecule has 1 aromatic rings. The highest BCUT2D eigenvalue weighted by molar-refractivity contribution is 6.47. The maximum absolute atomic E-state index is 11.8. The number of esters is 1. The average molecular weight is 319 g/mol. The molecule has 1 aliphatic rings. The lowest BCUT2D eigenvalue weighted by atomic mass is 9.64. The number of hydrogen-bond donors (Lipinski definition) is 2. The van der Waals surface area contributed by atoms with E-state index in [2.05, 4.69) is 4.74 Å². The number of primary amides is 1. The molecule has 7 nitrogen and oxygen atoms in total. The number of methoxy groups -OCH3 is 1. The van der Waals surface area contributed by atoms with Gasteiger partial charge in [-0.3, -0.25) is 9.59 Å². The normalized spacial score (nSPS) is 16.3. The monoisotopic (exact) mass is 319 g/mol. The third kappa shape index (κ3) is 4.10. The van der Waals surface area contributed by atoms with E-state index in [0.717, 1.165) is 5.56 Å². The summed E-state index contributed by atoms with van der Waals surface area (Å²) in [5.41, 5.74) is 5.98. The van der Waals surface area contributed by atoms with Crippen molar-refractivity contribution in [2.75, 3.05) is 7.11 Å². The molecule has 8 heteroatoms. The van der Waals surface area contributed by atoms with Gasteiger partial charge in [0.25, 0.3) is 0 Å². The maximum atomic E-state index is 11.8. The molecule has 23 heavy (non-hydrogen) atoms. The van der Waals surface area contributed by atoms with Crippen LogP contribution in [0.4, 0.5) is 0 Å². The number of carbonyl (C=O) groups is 3. The second kappa shape index (κ2) is 7.28. The fourth-order valence-electron chi connectivity index (χ4n) is 2.59. The van der Waals surface area contributed by atoms with Crippen LogP contribution in [-0.2, 0) is 20.7 Å². The minimum Gasteiger partial charge on any atom is -0.535 e. The number of rotatable bonds is 6. The van der Waals surface area contributed by atoms with E-state index >= 15 is 0 Å². The zero-order valence-corrected chi connectivity index (χ0v) is 12.8. The quantitative estimate of drug-likeness (QED) is 0.582. The Morgan fingerprint density at radius 1 is 1.39 bits per heavy atom. The summed E-state index contributed by atoms with van der Waals surface area (Å²) in [5.74, 6) is -1.40. The fourth-order valence-corrected chi connectivity index (χ4v) is 2.59. The zero-order valence-electron chi connectivity index (χ0n) is 12.8. The van der Waals surface area contributed by atoms with Crippen LogP contribution in [0.15, 0.2) is 18.2 Å². The molecule has 2 rings (SSSR count). The molecule has 1 amide bonds. The maximum Gasteiger partial charge on any atom is 0.526 e. The molecule has 1 aromatic carbocycles. The van der Waals surface area contributed by atoms with Crippen LogP contribution >= 0.6 is 0 Å². The van der Waals surface area contributed by atoms with Gasteiger partial charge in [-0.1, -0.05) is 12.1 Å². The molecule has 0 saturated heterocycles. The molecule has 0 aromatic heterocycles. The van der Waals surface area contributed by atoms with Gasteiger partial charge in [-0.25, -0.2) is 4.79 Å². The van der Waals surface area contributed by atoms with Crippen molar-refractivity contribution in [3.8, 4) is 5.75 Å². The van der Waals surface area contributed by atoms with Gasteiger partial charge >= 0.3 is 13.1 Å². The second-order valence-electron chi connectivity index (χ2n) is 5.47. The van der Waals surface area contributed by atoms with Gasteiger partial charge in [-0.15, -0.1) is 0 Å². The van der Waals surface area contributed by atoms with Crippen molar-refractivity contribution >= 4 is 24.8 Å². The first-order chi connectivity index (χ1) is 10.9. The standard InChI is InChI=1S/C15H18BNO6/c1-22-15(20)12-4-2-3-9-7-10(16(21)23-14(9)12)8-11(18)5-6-13(17)19/h2-4,10,21H,5-8H2,1H3,(H2,17,19)/t10-/m1/s1. The molecule has 0 unspecified atom stereocenters. The highest BCUT2D eigenvalue weighted by Gasteiger charge is 2.37. The van der Waals surface area contributed by atoms with Crippen LogP contribution in [0.3, 0.4) is 0 Å². The summed E-state index contributed by atoms with van der Waals surface area (Å²) in [6.45, 7) is 0. The summed E-state index contributed by atoms with van der Waals surface area (Å²) in [4.78, 5) is 34.3. The first kappa shape index (κ1) is 17.0. The van der Waals surface area contributed by atoms with Gasteiger partial charge in [-0.2, -0.15) is 0 Å². The van der Waals surface area contributed by atoms with Gasteiger partial charge < -0.3 is 20.1 Å². The van der Waals surface area contributed by atoms with Gasteiger partial charge in [0, 0.05) is 25.1 Å². The topological polar surface area (TPSA) is 116 Å². The van der Waals surface area contributed by atoms with E-state index in [1.165, 1.54) is 7.11 Å². The molecule has 1 heterocycles. The number of fused-ring (bicyclic) bond motifs is 1. The van der Waals surface area contributed by atoms with Crippen LogP contribution in [0.1, 0.15) is 35.2 Å². The largest absolute Gasteiger partial charge is 0.535 e. The molecule has 0 aliphatic carbocycles. The smallest absolute Gasteiger partial charge is 0.526 e. The minimum atomic E-state index is -1.20. The number of ketones is 1. The van der Waals surface area contributed by atoms with E-state index in [1.54, 1.807) is 18.2 Å². The van der Waals surface area contributed by atoms with Gasteiger partial charge in [0.05, 0.1) is 7.11 Å². The summed E-state index contributed by atoms with van der Waals surface area (Å²) in [6.07, 6.45) is 0.513. The van der Waals surface area contributed by atoms with Crippen molar-refractivity contribution in [3.63, 3.8) is 0 Å². The summed E-state index contributed by atoms with van der Waals surface area (Å²) in [5, 5.41) is 10.1. The number of benzene rings is 1. The molecule has 0 radical (unpaired) electrons. The molecule has 0 spiro atoms. The first-order valence-corrected chi connectivity index (χ1v) is 7.27. The fraction of sp³-hybridized carbons (Fsp3) is 0.400. The molecule has 0 saturated carbocycles. The highest BCUT2D eigenvalue weighted by Crippen LogP contribution is 2.36. The number of para-hydroxylation sites is 1. The highest BCUT2D eigenvalue weighted by atomic mass is 16.5. The Morgan fingerprint density at radius 2 is 2.13 bits per heavy atom. The van der Waals surface area contributed by atoms with E-state index in [0.29, 0.717) is 6.42 Å². The number of carbonyl (C=O) groups excluding carboxylic acids is 3. The Labute approximate surface area is 133 Å². The molecular formula is C15H18BNO6. The Bertz CT molecular complexity index is 632. The third-order valence-electron chi connectivity index (χ3n) is 3.77. The van der Waals surface area contributed by atoms with Crippen LogP contribution in [0.5, 0.6) is 5.75 Å². The lowest BCUT2D eigenvalue weighted by Crippen LogP contribution is -2.36. The molecular weight excluding hydrogens is 301 g/mol. The second-order valence-corrected chi connectivity index (χ2v) is 5.47. The Morgan fingerprint density at radius 3 is 2.78 bits per heavy atom. The summed E-state index contributed by atoms with van der Waals surface area (Å²) < 4.78 is 10.1. The van der Waals surface area contributed by atoms with Gasteiger partial charge in [0.15, 0.2) is 0 Å². The van der Waals surface area contributed by atoms with Crippen LogP contribution < -0.4 is 10.4 Å². The van der Waals surface area contributed by atoms with Crippen molar-refractivity contribution in [2.45, 2.75) is 31.5 Å². The van der Waals surface area contributed by atoms with Crippen molar-refractivity contribution in [1.82, 2.24) is 0 Å². The average Bonchev–Trinajstić information content (AvgIpc) is 2.52. The molecule has 0 bridgehead atoms. The van der Waals surface area contributed by atoms with Crippen molar-refractivity contribution < 1.29 is 28.8 Å². The lowest BCUT2D eigenvalue weighted by molar-refractivity contribution is -0.123. The molecule has 3 N–H and O–H groups in total. The lowest BCUT2D eigenvalue weighted by Gasteiger charge is -2.28. The first-order valence-electron chi connectivity index (χ1n) is 7.27. The molecule has 1 aliphatic heterocycles. The number of ether oxygens (including phenoxy) is 1. The predicted octanol–water partition coefficient (Wildman–Crippen LogP) is 0.483. The van der Waals surface area contributed by atoms with Crippen molar-refractivity contribution in [1.29, 1.82) is 0 Å². The number of nitrogens with two attached hydrogens (primary N) is 1. The number of Topliss-reactive ketones (excluding diaryl/α,β-unsaturated/α-hetero) is 1. The van der Waals surface area contributed by atoms with Gasteiger partial charge in [0.1, 0.15) is 17.1 Å².